The van der Waals surface area contributed by atoms with Gasteiger partial charge in [0.2, 0.25) is 0 Å². The van der Waals surface area contributed by atoms with Crippen molar-refractivity contribution >= 4 is 30.1 Å². The number of hydrogen-bond donors (Lipinski definition) is 1. The van der Waals surface area contributed by atoms with E-state index in [4.69, 9.17) is 10.5 Å². The molecule has 4 nitrogen and oxygen atoms in total. The average Bonchev–Trinajstić information content (AvgIpc) is 2.52. The quantitative estimate of drug-likeness (QED) is 0.408. The van der Waals surface area contributed by atoms with Gasteiger partial charge in [0.25, 0.3) is 0 Å². The molecule has 0 saturated heterocycles. The van der Waals surface area contributed by atoms with Gasteiger partial charge in [-0.05, 0) is 31.0 Å². The maximum atomic E-state index is 11.8. The first kappa shape index (κ1) is 18.5. The van der Waals surface area contributed by atoms with Gasteiger partial charge in [0.05, 0.1) is 5.56 Å². The third-order valence-electron chi connectivity index (χ3n) is 3.04. The topological polar surface area (TPSA) is 69.4 Å². The molecular formula is C17H23NO3S. The van der Waals surface area contributed by atoms with Gasteiger partial charge < -0.3 is 15.3 Å². The van der Waals surface area contributed by atoms with Gasteiger partial charge >= 0.3 is 5.97 Å². The van der Waals surface area contributed by atoms with Crippen LogP contribution in [0.5, 0.6) is 0 Å². The van der Waals surface area contributed by atoms with Crippen molar-refractivity contribution in [3.63, 3.8) is 0 Å². The van der Waals surface area contributed by atoms with E-state index in [1.165, 1.54) is 0 Å². The van der Waals surface area contributed by atoms with Crippen molar-refractivity contribution in [2.45, 2.75) is 19.4 Å². The van der Waals surface area contributed by atoms with Crippen molar-refractivity contribution in [3.05, 3.63) is 42.0 Å². The number of thioether (sulfide) groups is 1. The fourth-order valence-electron chi connectivity index (χ4n) is 1.91. The van der Waals surface area contributed by atoms with Gasteiger partial charge in [0.15, 0.2) is 0 Å². The predicted octanol–water partition coefficient (Wildman–Crippen LogP) is 2.77. The Morgan fingerprint density at radius 3 is 2.64 bits per heavy atom. The molecule has 2 atom stereocenters. The smallest absolute Gasteiger partial charge is 0.338 e. The summed E-state index contributed by atoms with van der Waals surface area (Å²) in [4.78, 5) is 22.7. The van der Waals surface area contributed by atoms with Crippen LogP contribution in [0.3, 0.4) is 0 Å². The number of carbonyl (C=O) groups is 2. The van der Waals surface area contributed by atoms with E-state index in [1.807, 2.05) is 19.1 Å². The highest BCUT2D eigenvalue weighted by molar-refractivity contribution is 7.99. The molecule has 0 bridgehead atoms. The number of rotatable bonds is 10. The number of hydrogen-bond acceptors (Lipinski definition) is 5. The number of benzene rings is 1. The molecule has 0 aliphatic rings. The molecule has 0 spiro atoms. The summed E-state index contributed by atoms with van der Waals surface area (Å²) in [6.45, 7) is 5.88. The zero-order chi connectivity index (χ0) is 16.4. The van der Waals surface area contributed by atoms with Gasteiger partial charge in [-0.2, -0.15) is 11.8 Å². The molecule has 0 aliphatic carbocycles. The van der Waals surface area contributed by atoms with Crippen molar-refractivity contribution in [2.24, 2.45) is 11.7 Å². The molecule has 0 radical (unpaired) electrons. The molecule has 2 unspecified atom stereocenters. The molecule has 1 aromatic carbocycles. The van der Waals surface area contributed by atoms with Crippen molar-refractivity contribution in [1.29, 1.82) is 0 Å². The lowest BCUT2D eigenvalue weighted by molar-refractivity contribution is -0.110. The van der Waals surface area contributed by atoms with E-state index in [-0.39, 0.29) is 17.9 Å². The molecule has 0 fully saturated rings. The fourth-order valence-corrected chi connectivity index (χ4v) is 2.79. The molecule has 0 heterocycles. The Balaban J connectivity index is 2.24. The van der Waals surface area contributed by atoms with E-state index in [1.54, 1.807) is 30.0 Å². The summed E-state index contributed by atoms with van der Waals surface area (Å²) in [7, 11) is 0. The molecule has 5 heteroatoms. The molecule has 0 saturated carbocycles. The number of esters is 1. The molecule has 22 heavy (non-hydrogen) atoms. The lowest BCUT2D eigenvalue weighted by atomic mass is 10.1. The van der Waals surface area contributed by atoms with Crippen LogP contribution in [0.4, 0.5) is 0 Å². The normalized spacial score (nSPS) is 13.2. The van der Waals surface area contributed by atoms with Crippen LogP contribution < -0.4 is 5.73 Å². The summed E-state index contributed by atoms with van der Waals surface area (Å²) in [5, 5.41) is 0. The van der Waals surface area contributed by atoms with E-state index in [0.717, 1.165) is 11.8 Å². The largest absolute Gasteiger partial charge is 0.461 e. The van der Waals surface area contributed by atoms with E-state index in [0.29, 0.717) is 30.1 Å². The van der Waals surface area contributed by atoms with Gasteiger partial charge in [-0.1, -0.05) is 24.8 Å². The third kappa shape index (κ3) is 6.91. The lowest BCUT2D eigenvalue weighted by Crippen LogP contribution is -2.22. The Morgan fingerprint density at radius 2 is 2.09 bits per heavy atom. The van der Waals surface area contributed by atoms with E-state index in [9.17, 15) is 9.59 Å². The van der Waals surface area contributed by atoms with Crippen LogP contribution in [-0.2, 0) is 9.53 Å². The van der Waals surface area contributed by atoms with Crippen LogP contribution in [0.1, 0.15) is 29.3 Å². The van der Waals surface area contributed by atoms with Crippen LogP contribution >= 0.6 is 11.8 Å². The van der Waals surface area contributed by atoms with Crippen molar-refractivity contribution in [3.8, 4) is 0 Å². The lowest BCUT2D eigenvalue weighted by Gasteiger charge is -2.12. The van der Waals surface area contributed by atoms with E-state index < -0.39 is 0 Å². The zero-order valence-electron chi connectivity index (χ0n) is 12.9. The summed E-state index contributed by atoms with van der Waals surface area (Å²) >= 11 is 1.59. The minimum Gasteiger partial charge on any atom is -0.461 e. The van der Waals surface area contributed by atoms with Gasteiger partial charge in [0.1, 0.15) is 12.9 Å². The number of aldehydes is 1. The highest BCUT2D eigenvalue weighted by Crippen LogP contribution is 2.12. The van der Waals surface area contributed by atoms with Crippen LogP contribution in [0.15, 0.2) is 30.8 Å². The minimum absolute atomic E-state index is 0.0205. The van der Waals surface area contributed by atoms with Crippen molar-refractivity contribution < 1.29 is 14.3 Å². The van der Waals surface area contributed by atoms with Gasteiger partial charge in [-0.25, -0.2) is 4.79 Å². The molecule has 120 valence electrons. The molecule has 1 rings (SSSR count). The number of carbonyl (C=O) groups excluding carboxylic acids is 2. The summed E-state index contributed by atoms with van der Waals surface area (Å²) in [6.07, 6.45) is 3.35. The Morgan fingerprint density at radius 1 is 1.41 bits per heavy atom. The van der Waals surface area contributed by atoms with Crippen LogP contribution in [-0.4, -0.2) is 36.4 Å². The minimum atomic E-state index is -0.335. The molecule has 0 aliphatic heterocycles. The van der Waals surface area contributed by atoms with Gasteiger partial charge in [-0.3, -0.25) is 0 Å². The molecular weight excluding hydrogens is 298 g/mol. The van der Waals surface area contributed by atoms with E-state index >= 15 is 0 Å². The first-order chi connectivity index (χ1) is 10.6. The van der Waals surface area contributed by atoms with Crippen molar-refractivity contribution in [1.82, 2.24) is 0 Å². The Bertz CT molecular complexity index is 485. The summed E-state index contributed by atoms with van der Waals surface area (Å²) in [6, 6.07) is 7.10. The number of nitrogens with two attached hydrogens (primary N) is 1. The maximum absolute atomic E-state index is 11.8. The van der Waals surface area contributed by atoms with Gasteiger partial charge in [0, 0.05) is 23.5 Å². The Hall–Kier alpha value is -1.59. The van der Waals surface area contributed by atoms with Gasteiger partial charge in [-0.15, -0.1) is 0 Å². The van der Waals surface area contributed by atoms with Crippen molar-refractivity contribution in [2.75, 3.05) is 18.1 Å². The number of ether oxygens (including phenoxy) is 1. The Labute approximate surface area is 136 Å². The second-order valence-corrected chi connectivity index (χ2v) is 6.30. The predicted molar refractivity (Wildman–Crippen MR) is 92.0 cm³/mol. The first-order valence-corrected chi connectivity index (χ1v) is 8.40. The molecule has 0 aromatic heterocycles. The second-order valence-electron chi connectivity index (χ2n) is 5.15. The van der Waals surface area contributed by atoms with Crippen LogP contribution in [0, 0.1) is 5.92 Å². The summed E-state index contributed by atoms with van der Waals surface area (Å²) in [5.41, 5.74) is 7.17. The third-order valence-corrected chi connectivity index (χ3v) is 4.16. The standard InChI is InChI=1S/C17H23NO3S/c1-3-14-4-6-16(7-5-14)17(20)21-8-9-22-12-15(11-19)10-13(2)18/h3-7,11,13,15H,1,8-10,12,18H2,2H3. The Kier molecular flexibility index (Phi) is 8.55. The summed E-state index contributed by atoms with van der Waals surface area (Å²) in [5.74, 6) is 1.00. The SMILES string of the molecule is C=Cc1ccc(C(=O)OCCSCC(C=O)CC(C)N)cc1. The summed E-state index contributed by atoms with van der Waals surface area (Å²) < 4.78 is 5.20. The second kappa shape index (κ2) is 10.2. The van der Waals surface area contributed by atoms with Crippen LogP contribution in [0.2, 0.25) is 0 Å². The fraction of sp³-hybridized carbons (Fsp3) is 0.412. The average molecular weight is 321 g/mol. The maximum Gasteiger partial charge on any atom is 0.338 e. The zero-order valence-corrected chi connectivity index (χ0v) is 13.7. The highest BCUT2D eigenvalue weighted by atomic mass is 32.2. The molecule has 0 amide bonds. The van der Waals surface area contributed by atoms with E-state index in [2.05, 4.69) is 6.58 Å². The monoisotopic (exact) mass is 321 g/mol. The molecule has 1 aromatic rings. The van der Waals surface area contributed by atoms with Crippen LogP contribution in [0.25, 0.3) is 6.08 Å². The first-order valence-electron chi connectivity index (χ1n) is 7.25. The highest BCUT2D eigenvalue weighted by Gasteiger charge is 2.10. The molecule has 2 N–H and O–H groups in total.